The van der Waals surface area contributed by atoms with Crippen molar-refractivity contribution in [2.45, 2.75) is 52.9 Å². The maximum Gasteiger partial charge on any atom is 0.338 e. The van der Waals surface area contributed by atoms with Crippen molar-refractivity contribution < 1.29 is 28.0 Å². The van der Waals surface area contributed by atoms with E-state index >= 15 is 0 Å². The first kappa shape index (κ1) is 33.4. The largest absolute Gasteiger partial charge is 0.343 e. The van der Waals surface area contributed by atoms with Gasteiger partial charge in [-0.05, 0) is 63.4 Å². The van der Waals surface area contributed by atoms with Crippen LogP contribution < -0.4 is 16.0 Å². The zero-order valence-electron chi connectivity index (χ0n) is 24.9. The number of aromatic nitrogens is 4. The molecule has 1 heterocycles. The third-order valence-electron chi connectivity index (χ3n) is 6.12. The molecule has 3 amide bonds. The lowest BCUT2D eigenvalue weighted by atomic mass is 10.0. The minimum Gasteiger partial charge on any atom is -0.343 e. The highest BCUT2D eigenvalue weighted by molar-refractivity contribution is 7.53. The number of hydrogen-bond donors (Lipinski definition) is 3. The van der Waals surface area contributed by atoms with Crippen molar-refractivity contribution in [1.82, 2.24) is 31.0 Å². The third-order valence-corrected chi connectivity index (χ3v) is 8.09. The first-order valence-electron chi connectivity index (χ1n) is 13.8. The van der Waals surface area contributed by atoms with Gasteiger partial charge in [0.25, 0.3) is 5.91 Å². The molecule has 0 unspecified atom stereocenters. The summed E-state index contributed by atoms with van der Waals surface area (Å²) in [6.45, 7) is 12.8. The Morgan fingerprint density at radius 2 is 1.42 bits per heavy atom. The van der Waals surface area contributed by atoms with E-state index in [0.717, 1.165) is 5.56 Å². The Bertz CT molecular complexity index is 1420. The van der Waals surface area contributed by atoms with Crippen molar-refractivity contribution in [2.24, 2.45) is 5.92 Å². The van der Waals surface area contributed by atoms with Crippen LogP contribution in [0.25, 0.3) is 11.4 Å². The first-order valence-corrected chi connectivity index (χ1v) is 15.6. The van der Waals surface area contributed by atoms with Crippen molar-refractivity contribution in [3.8, 4) is 11.4 Å². The lowest BCUT2D eigenvalue weighted by Gasteiger charge is -2.24. The fraction of sp³-hybridized carbons (Fsp3) is 0.379. The summed E-state index contributed by atoms with van der Waals surface area (Å²) < 4.78 is 23.2. The van der Waals surface area contributed by atoms with Gasteiger partial charge in [-0.3, -0.25) is 18.9 Å². The van der Waals surface area contributed by atoms with Crippen LogP contribution in [0.1, 0.15) is 56.4 Å². The van der Waals surface area contributed by atoms with Gasteiger partial charge in [-0.25, -0.2) is 0 Å². The van der Waals surface area contributed by atoms with E-state index in [9.17, 15) is 18.9 Å². The van der Waals surface area contributed by atoms with Gasteiger partial charge in [-0.2, -0.15) is 0 Å². The molecule has 1 aromatic heterocycles. The van der Waals surface area contributed by atoms with Crippen LogP contribution in [0.4, 0.5) is 5.69 Å². The van der Waals surface area contributed by atoms with E-state index in [1.165, 1.54) is 0 Å². The van der Waals surface area contributed by atoms with Gasteiger partial charge in [-0.1, -0.05) is 38.1 Å². The molecule has 3 aromatic rings. The monoisotopic (exact) mass is 610 g/mol. The lowest BCUT2D eigenvalue weighted by molar-refractivity contribution is -0.128. The Morgan fingerprint density at radius 3 is 1.95 bits per heavy atom. The van der Waals surface area contributed by atoms with Crippen LogP contribution >= 0.6 is 7.60 Å². The molecule has 43 heavy (non-hydrogen) atoms. The van der Waals surface area contributed by atoms with E-state index in [4.69, 9.17) is 9.05 Å². The van der Waals surface area contributed by atoms with Gasteiger partial charge in [-0.15, -0.1) is 20.4 Å². The topological polar surface area (TPSA) is 174 Å². The second-order valence-electron chi connectivity index (χ2n) is 9.93. The standard InChI is InChI=1S/C29H37N7O6P/c1-7-41-43(40,42-8-2)17-24-33-35-26(36-34-24)21-11-13-22(14-12-21)28(38)32-25(18(3)4)29(39)30-20(6)27(37)31-23-15-9-19(5)10-16-23/h9-16,18,20,25H,5,7-8,17H2,1-4,6H3,(H,30,39)(H,31,37)(H,32,38)/t20-,25-/m0/s1. The summed E-state index contributed by atoms with van der Waals surface area (Å²) in [7, 11) is -3.40. The number of carbonyl (C=O) groups is 3. The number of amides is 3. The van der Waals surface area contributed by atoms with Crippen LogP contribution in [0.5, 0.6) is 0 Å². The molecule has 0 fully saturated rings. The van der Waals surface area contributed by atoms with Gasteiger partial charge < -0.3 is 25.0 Å². The van der Waals surface area contributed by atoms with E-state index in [1.807, 2.05) is 0 Å². The number of anilines is 1. The highest BCUT2D eigenvalue weighted by atomic mass is 31.2. The Morgan fingerprint density at radius 1 is 0.837 bits per heavy atom. The lowest BCUT2D eigenvalue weighted by Crippen LogP contribution is -2.53. The molecule has 2 aromatic carbocycles. The Hall–Kier alpha value is -4.06. The molecule has 2 atom stereocenters. The van der Waals surface area contributed by atoms with Crippen molar-refractivity contribution >= 4 is 31.0 Å². The van der Waals surface area contributed by atoms with Gasteiger partial charge in [0.15, 0.2) is 5.82 Å². The highest BCUT2D eigenvalue weighted by Crippen LogP contribution is 2.50. The summed E-state index contributed by atoms with van der Waals surface area (Å²) in [5.74, 6) is -1.30. The first-order chi connectivity index (χ1) is 20.4. The SMILES string of the molecule is [CH2]c1ccc(NC(=O)[C@H](C)NC(=O)[C@@H](NC(=O)c2ccc(-c3nnc(CP(=O)(OCC)OCC)nn3)cc2)C(C)C)cc1. The molecule has 0 saturated heterocycles. The maximum atomic E-state index is 13.0. The Labute approximate surface area is 251 Å². The molecular weight excluding hydrogens is 573 g/mol. The average molecular weight is 611 g/mol. The van der Waals surface area contributed by atoms with Crippen LogP contribution in [-0.2, 0) is 29.4 Å². The van der Waals surface area contributed by atoms with Crippen LogP contribution in [-0.4, -0.2) is 63.4 Å². The molecule has 0 spiro atoms. The molecule has 0 aliphatic rings. The molecule has 0 bridgehead atoms. The fourth-order valence-corrected chi connectivity index (χ4v) is 5.38. The van der Waals surface area contributed by atoms with Gasteiger partial charge >= 0.3 is 7.60 Å². The number of benzene rings is 2. The quantitative estimate of drug-likeness (QED) is 0.228. The predicted molar refractivity (Wildman–Crippen MR) is 161 cm³/mol. The van der Waals surface area contributed by atoms with Gasteiger partial charge in [0.2, 0.25) is 17.6 Å². The zero-order chi connectivity index (χ0) is 31.6. The van der Waals surface area contributed by atoms with Crippen LogP contribution in [0.15, 0.2) is 48.5 Å². The average Bonchev–Trinajstić information content (AvgIpc) is 2.97. The normalized spacial score (nSPS) is 12.8. The second kappa shape index (κ2) is 15.4. The van der Waals surface area contributed by atoms with Crippen molar-refractivity contribution in [3.63, 3.8) is 0 Å². The van der Waals surface area contributed by atoms with E-state index in [1.54, 1.807) is 83.1 Å². The summed E-state index contributed by atoms with van der Waals surface area (Å²) in [4.78, 5) is 38.6. The minimum absolute atomic E-state index is 0.113. The van der Waals surface area contributed by atoms with E-state index < -0.39 is 37.4 Å². The van der Waals surface area contributed by atoms with Crippen LogP contribution in [0.2, 0.25) is 0 Å². The fourth-order valence-electron chi connectivity index (χ4n) is 3.86. The zero-order valence-corrected chi connectivity index (χ0v) is 25.8. The molecule has 13 nitrogen and oxygen atoms in total. The summed E-state index contributed by atoms with van der Waals surface area (Å²) in [5, 5.41) is 24.2. The van der Waals surface area contributed by atoms with Crippen molar-refractivity contribution in [3.05, 3.63) is 72.4 Å². The third kappa shape index (κ3) is 9.74. The van der Waals surface area contributed by atoms with Crippen molar-refractivity contribution in [1.29, 1.82) is 0 Å². The van der Waals surface area contributed by atoms with Gasteiger partial charge in [0, 0.05) is 16.8 Å². The summed E-state index contributed by atoms with van der Waals surface area (Å²) >= 11 is 0. The molecule has 1 radical (unpaired) electrons. The Balaban J connectivity index is 1.61. The number of nitrogens with zero attached hydrogens (tertiary/aromatic N) is 4. The summed E-state index contributed by atoms with van der Waals surface area (Å²) in [5.41, 5.74) is 2.24. The van der Waals surface area contributed by atoms with Crippen LogP contribution in [0, 0.1) is 12.8 Å². The number of hydrogen-bond acceptors (Lipinski definition) is 10. The second-order valence-corrected chi connectivity index (χ2v) is 12.0. The van der Waals surface area contributed by atoms with Crippen LogP contribution in [0.3, 0.4) is 0 Å². The summed E-state index contributed by atoms with van der Waals surface area (Å²) in [6.07, 6.45) is -0.160. The molecule has 14 heteroatoms. The maximum absolute atomic E-state index is 13.0. The molecule has 3 rings (SSSR count). The predicted octanol–water partition coefficient (Wildman–Crippen LogP) is 3.78. The Kier molecular flexibility index (Phi) is 12.0. The molecule has 0 aliphatic heterocycles. The molecule has 3 N–H and O–H groups in total. The summed E-state index contributed by atoms with van der Waals surface area (Å²) in [6, 6.07) is 11.6. The van der Waals surface area contributed by atoms with Gasteiger partial charge in [0.1, 0.15) is 18.2 Å². The molecule has 229 valence electrons. The smallest absolute Gasteiger partial charge is 0.338 e. The van der Waals surface area contributed by atoms with E-state index in [-0.39, 0.29) is 36.9 Å². The molecule has 0 saturated carbocycles. The van der Waals surface area contributed by atoms with Gasteiger partial charge in [0.05, 0.1) is 13.2 Å². The van der Waals surface area contributed by atoms with E-state index in [0.29, 0.717) is 16.8 Å². The number of carbonyl (C=O) groups excluding carboxylic acids is 3. The molecular formula is C29H37N7O6P. The number of rotatable bonds is 14. The van der Waals surface area contributed by atoms with E-state index in [2.05, 4.69) is 43.3 Å². The minimum atomic E-state index is -3.40. The molecule has 0 aliphatic carbocycles. The van der Waals surface area contributed by atoms with Crippen molar-refractivity contribution in [2.75, 3.05) is 18.5 Å². The highest BCUT2D eigenvalue weighted by Gasteiger charge is 2.28. The number of nitrogens with one attached hydrogen (secondary N) is 3.